The number of aliphatic carboxylic acids is 1. The molecule has 1 aromatic rings. The molecule has 0 bridgehead atoms. The molecule has 2 unspecified atom stereocenters. The second kappa shape index (κ2) is 4.10. The lowest BCUT2D eigenvalue weighted by molar-refractivity contribution is -0.139. The molecule has 0 aromatic carbocycles. The summed E-state index contributed by atoms with van der Waals surface area (Å²) < 4.78 is 7.34. The Hall–Kier alpha value is -1.43. The van der Waals surface area contributed by atoms with Gasteiger partial charge in [0.15, 0.2) is 0 Å². The molecule has 1 fully saturated rings. The van der Waals surface area contributed by atoms with Gasteiger partial charge in [0.2, 0.25) is 0 Å². The van der Waals surface area contributed by atoms with Crippen molar-refractivity contribution in [3.8, 4) is 0 Å². The first-order valence-corrected chi connectivity index (χ1v) is 6.01. The Morgan fingerprint density at radius 1 is 1.35 bits per heavy atom. The number of hydrogen-bond donors (Lipinski definition) is 1. The van der Waals surface area contributed by atoms with E-state index in [4.69, 9.17) is 9.84 Å². The van der Waals surface area contributed by atoms with Crippen LogP contribution in [0.3, 0.4) is 0 Å². The summed E-state index contributed by atoms with van der Waals surface area (Å²) in [5.41, 5.74) is 0. The highest BCUT2D eigenvalue weighted by Crippen LogP contribution is 2.31. The lowest BCUT2D eigenvalue weighted by atomic mass is 9.98. The van der Waals surface area contributed by atoms with E-state index in [9.17, 15) is 4.79 Å². The van der Waals surface area contributed by atoms with Crippen LogP contribution in [0.5, 0.6) is 0 Å². The molecule has 2 aliphatic rings. The van der Waals surface area contributed by atoms with Crippen molar-refractivity contribution in [2.24, 2.45) is 0 Å². The Balaban J connectivity index is 1.95. The Bertz CT molecular complexity index is 437. The molecule has 2 aliphatic heterocycles. The average Bonchev–Trinajstić information content (AvgIpc) is 2.96. The number of carboxylic acid groups (broad SMARTS) is 1. The molecular formula is C11H15N3O3. The fourth-order valence-corrected chi connectivity index (χ4v) is 2.67. The summed E-state index contributed by atoms with van der Waals surface area (Å²) in [5.74, 6) is 0.512. The summed E-state index contributed by atoms with van der Waals surface area (Å²) in [6.45, 7) is 2.27. The number of aromatic nitrogens is 3. The van der Waals surface area contributed by atoms with Crippen molar-refractivity contribution in [2.75, 3.05) is 13.2 Å². The molecule has 92 valence electrons. The third-order valence-corrected chi connectivity index (χ3v) is 3.59. The Morgan fingerprint density at radius 3 is 2.88 bits per heavy atom. The maximum Gasteiger partial charge on any atom is 0.314 e. The van der Waals surface area contributed by atoms with Crippen LogP contribution in [-0.2, 0) is 16.1 Å². The highest BCUT2D eigenvalue weighted by molar-refractivity contribution is 5.75. The maximum atomic E-state index is 11.1. The van der Waals surface area contributed by atoms with Gasteiger partial charge in [-0.2, -0.15) is 0 Å². The van der Waals surface area contributed by atoms with E-state index in [1.165, 1.54) is 0 Å². The zero-order valence-corrected chi connectivity index (χ0v) is 9.50. The molecule has 0 radical (unpaired) electrons. The van der Waals surface area contributed by atoms with E-state index in [1.54, 1.807) is 0 Å². The van der Waals surface area contributed by atoms with Gasteiger partial charge in [0.1, 0.15) is 17.6 Å². The predicted molar refractivity (Wildman–Crippen MR) is 57.8 cm³/mol. The number of rotatable bonds is 2. The van der Waals surface area contributed by atoms with Crippen molar-refractivity contribution >= 4 is 5.97 Å². The Labute approximate surface area is 98.6 Å². The van der Waals surface area contributed by atoms with E-state index in [1.807, 2.05) is 4.57 Å². The molecule has 3 heterocycles. The molecule has 6 nitrogen and oxygen atoms in total. The van der Waals surface area contributed by atoms with Crippen LogP contribution in [0.25, 0.3) is 0 Å². The fourth-order valence-electron chi connectivity index (χ4n) is 2.67. The summed E-state index contributed by atoms with van der Waals surface area (Å²) >= 11 is 0. The van der Waals surface area contributed by atoms with E-state index in [2.05, 4.69) is 10.2 Å². The zero-order valence-electron chi connectivity index (χ0n) is 9.50. The molecule has 1 N–H and O–H groups in total. The van der Waals surface area contributed by atoms with Gasteiger partial charge in [0.05, 0.1) is 6.61 Å². The number of ether oxygens (including phenoxy) is 1. The van der Waals surface area contributed by atoms with Crippen LogP contribution in [-0.4, -0.2) is 39.1 Å². The molecule has 17 heavy (non-hydrogen) atoms. The second-order valence-electron chi connectivity index (χ2n) is 4.66. The van der Waals surface area contributed by atoms with E-state index in [0.29, 0.717) is 18.9 Å². The summed E-state index contributed by atoms with van der Waals surface area (Å²) in [7, 11) is 0. The number of carboxylic acids is 1. The van der Waals surface area contributed by atoms with Crippen LogP contribution in [0.15, 0.2) is 0 Å². The van der Waals surface area contributed by atoms with E-state index in [0.717, 1.165) is 31.8 Å². The first kappa shape index (κ1) is 10.7. The van der Waals surface area contributed by atoms with Crippen molar-refractivity contribution in [3.63, 3.8) is 0 Å². The first-order chi connectivity index (χ1) is 8.27. The lowest BCUT2D eigenvalue weighted by Crippen LogP contribution is -2.24. The smallest absolute Gasteiger partial charge is 0.314 e. The molecule has 1 aromatic heterocycles. The molecule has 1 saturated heterocycles. The molecule has 2 atom stereocenters. The molecule has 6 heteroatoms. The minimum atomic E-state index is -0.799. The van der Waals surface area contributed by atoms with Crippen LogP contribution in [0.4, 0.5) is 0 Å². The van der Waals surface area contributed by atoms with Gasteiger partial charge in [-0.3, -0.25) is 4.79 Å². The average molecular weight is 237 g/mol. The van der Waals surface area contributed by atoms with Crippen LogP contribution in [0.1, 0.15) is 42.7 Å². The largest absolute Gasteiger partial charge is 0.481 e. The van der Waals surface area contributed by atoms with Crippen molar-refractivity contribution in [1.29, 1.82) is 0 Å². The van der Waals surface area contributed by atoms with E-state index in [-0.39, 0.29) is 5.92 Å². The van der Waals surface area contributed by atoms with Crippen molar-refractivity contribution in [2.45, 2.75) is 37.6 Å². The SMILES string of the molecule is O=C(O)C1CCCn2c(C3CCOC3)nnc21. The van der Waals surface area contributed by atoms with E-state index >= 15 is 0 Å². The molecule has 0 spiro atoms. The molecular weight excluding hydrogens is 222 g/mol. The number of nitrogens with zero attached hydrogens (tertiary/aromatic N) is 3. The number of fused-ring (bicyclic) bond motifs is 1. The monoisotopic (exact) mass is 237 g/mol. The lowest BCUT2D eigenvalue weighted by Gasteiger charge is -2.21. The van der Waals surface area contributed by atoms with Gasteiger partial charge in [-0.15, -0.1) is 10.2 Å². The highest BCUT2D eigenvalue weighted by atomic mass is 16.5. The minimum Gasteiger partial charge on any atom is -0.481 e. The van der Waals surface area contributed by atoms with Gasteiger partial charge >= 0.3 is 5.97 Å². The highest BCUT2D eigenvalue weighted by Gasteiger charge is 2.33. The fraction of sp³-hybridized carbons (Fsp3) is 0.727. The van der Waals surface area contributed by atoms with Crippen LogP contribution in [0, 0.1) is 0 Å². The third-order valence-electron chi connectivity index (χ3n) is 3.59. The third kappa shape index (κ3) is 1.72. The van der Waals surface area contributed by atoms with Gasteiger partial charge in [0.25, 0.3) is 0 Å². The van der Waals surface area contributed by atoms with Crippen LogP contribution >= 0.6 is 0 Å². The quantitative estimate of drug-likeness (QED) is 0.821. The van der Waals surface area contributed by atoms with Crippen LogP contribution < -0.4 is 0 Å². The summed E-state index contributed by atoms with van der Waals surface area (Å²) in [6.07, 6.45) is 2.49. The first-order valence-electron chi connectivity index (χ1n) is 6.01. The predicted octanol–water partition coefficient (Wildman–Crippen LogP) is 0.744. The zero-order chi connectivity index (χ0) is 11.8. The van der Waals surface area contributed by atoms with Gasteiger partial charge in [-0.1, -0.05) is 0 Å². The Morgan fingerprint density at radius 2 is 2.18 bits per heavy atom. The van der Waals surface area contributed by atoms with Crippen molar-refractivity contribution in [3.05, 3.63) is 11.6 Å². The summed E-state index contributed by atoms with van der Waals surface area (Å²) in [6, 6.07) is 0. The molecule has 3 rings (SSSR count). The number of carbonyl (C=O) groups is 1. The molecule has 0 amide bonds. The van der Waals surface area contributed by atoms with Crippen LogP contribution in [0.2, 0.25) is 0 Å². The van der Waals surface area contributed by atoms with E-state index < -0.39 is 11.9 Å². The van der Waals surface area contributed by atoms with Gasteiger partial charge in [0, 0.05) is 19.1 Å². The summed E-state index contributed by atoms with van der Waals surface area (Å²) in [4.78, 5) is 11.1. The number of hydrogen-bond acceptors (Lipinski definition) is 4. The van der Waals surface area contributed by atoms with Gasteiger partial charge in [-0.25, -0.2) is 0 Å². The maximum absolute atomic E-state index is 11.1. The van der Waals surface area contributed by atoms with Gasteiger partial charge in [-0.05, 0) is 19.3 Å². The standard InChI is InChI=1S/C11H15N3O3/c15-11(16)8-2-1-4-14-9(12-13-10(8)14)7-3-5-17-6-7/h7-8H,1-6H2,(H,15,16). The summed E-state index contributed by atoms with van der Waals surface area (Å²) in [5, 5.41) is 17.4. The van der Waals surface area contributed by atoms with Gasteiger partial charge < -0.3 is 14.4 Å². The minimum absolute atomic E-state index is 0.281. The normalized spacial score (nSPS) is 28.0. The van der Waals surface area contributed by atoms with Crippen molar-refractivity contribution in [1.82, 2.24) is 14.8 Å². The second-order valence-corrected chi connectivity index (χ2v) is 4.66. The van der Waals surface area contributed by atoms with Crippen molar-refractivity contribution < 1.29 is 14.6 Å². The molecule has 0 aliphatic carbocycles. The topological polar surface area (TPSA) is 77.2 Å². The Kier molecular flexibility index (Phi) is 2.58. The molecule has 0 saturated carbocycles.